The summed E-state index contributed by atoms with van der Waals surface area (Å²) in [6.45, 7) is 2.12. The van der Waals surface area contributed by atoms with E-state index in [0.29, 0.717) is 37.3 Å². The number of aliphatic imine (C=N–C) groups is 1. The molecule has 8 heteroatoms. The van der Waals surface area contributed by atoms with Crippen molar-refractivity contribution in [1.29, 1.82) is 0 Å². The van der Waals surface area contributed by atoms with E-state index in [-0.39, 0.29) is 17.8 Å². The summed E-state index contributed by atoms with van der Waals surface area (Å²) in [6.07, 6.45) is 6.01. The zero-order chi connectivity index (χ0) is 18.4. The second-order valence-corrected chi connectivity index (χ2v) is 6.83. The number of nitrogens with one attached hydrogen (secondary N) is 3. The van der Waals surface area contributed by atoms with E-state index >= 15 is 0 Å². The Morgan fingerprint density at radius 1 is 1.35 bits per heavy atom. The van der Waals surface area contributed by atoms with Crippen LogP contribution in [0.4, 0.5) is 10.2 Å². The van der Waals surface area contributed by atoms with Crippen LogP contribution in [-0.2, 0) is 4.79 Å². The van der Waals surface area contributed by atoms with Gasteiger partial charge < -0.3 is 20.9 Å². The molecule has 1 aliphatic carbocycles. The van der Waals surface area contributed by atoms with Gasteiger partial charge in [0.1, 0.15) is 0 Å². The van der Waals surface area contributed by atoms with Gasteiger partial charge in [-0.1, -0.05) is 0 Å². The molecule has 7 nitrogen and oxygen atoms in total. The monoisotopic (exact) mass is 362 g/mol. The Morgan fingerprint density at radius 2 is 2.19 bits per heavy atom. The molecule has 2 heterocycles. The van der Waals surface area contributed by atoms with Crippen LogP contribution in [-0.4, -0.2) is 55.6 Å². The number of anilines is 1. The summed E-state index contributed by atoms with van der Waals surface area (Å²) in [4.78, 5) is 22.0. The van der Waals surface area contributed by atoms with Gasteiger partial charge >= 0.3 is 0 Å². The number of carbonyl (C=O) groups excluding carboxylic acids is 1. The lowest BCUT2D eigenvalue weighted by atomic mass is 10.2. The molecule has 1 atom stereocenters. The maximum absolute atomic E-state index is 13.9. The van der Waals surface area contributed by atoms with E-state index in [4.69, 9.17) is 0 Å². The Hall–Kier alpha value is -2.38. The third kappa shape index (κ3) is 5.31. The molecule has 1 aromatic heterocycles. The maximum atomic E-state index is 13.9. The standard InChI is InChI=1S/C18H27FN6O/c1-20-18(22-10-3-5-16(26)23-13-6-7-13)24-14-8-11-25(12-14)17-15(19)4-2-9-21-17/h2,4,9,13-14H,3,5-8,10-12H2,1H3,(H,23,26)(H2,20,22,24). The number of nitrogens with zero attached hydrogens (tertiary/aromatic N) is 3. The van der Waals surface area contributed by atoms with E-state index in [1.165, 1.54) is 6.07 Å². The van der Waals surface area contributed by atoms with Gasteiger partial charge in [0.25, 0.3) is 0 Å². The van der Waals surface area contributed by atoms with Crippen LogP contribution in [0.3, 0.4) is 0 Å². The van der Waals surface area contributed by atoms with Crippen LogP contribution in [0, 0.1) is 5.82 Å². The average Bonchev–Trinajstić information content (AvgIpc) is 3.33. The van der Waals surface area contributed by atoms with Gasteiger partial charge in [-0.05, 0) is 37.8 Å². The number of amides is 1. The zero-order valence-corrected chi connectivity index (χ0v) is 15.2. The molecule has 0 radical (unpaired) electrons. The van der Waals surface area contributed by atoms with Crippen molar-refractivity contribution in [3.63, 3.8) is 0 Å². The highest BCUT2D eigenvalue weighted by Gasteiger charge is 2.26. The van der Waals surface area contributed by atoms with Crippen LogP contribution in [0.5, 0.6) is 0 Å². The van der Waals surface area contributed by atoms with Gasteiger partial charge in [-0.25, -0.2) is 9.37 Å². The second-order valence-electron chi connectivity index (χ2n) is 6.83. The van der Waals surface area contributed by atoms with Crippen molar-refractivity contribution in [3.05, 3.63) is 24.1 Å². The van der Waals surface area contributed by atoms with Crippen molar-refractivity contribution < 1.29 is 9.18 Å². The summed E-state index contributed by atoms with van der Waals surface area (Å²) in [7, 11) is 1.72. The lowest BCUT2D eigenvalue weighted by Gasteiger charge is -2.20. The molecule has 1 unspecified atom stereocenters. The Kier molecular flexibility index (Phi) is 6.25. The average molecular weight is 362 g/mol. The van der Waals surface area contributed by atoms with Gasteiger partial charge in [-0.3, -0.25) is 9.79 Å². The van der Waals surface area contributed by atoms with E-state index in [1.54, 1.807) is 19.3 Å². The van der Waals surface area contributed by atoms with E-state index in [0.717, 1.165) is 32.2 Å². The highest BCUT2D eigenvalue weighted by atomic mass is 19.1. The van der Waals surface area contributed by atoms with E-state index < -0.39 is 0 Å². The van der Waals surface area contributed by atoms with Gasteiger partial charge in [0.05, 0.1) is 0 Å². The van der Waals surface area contributed by atoms with Crippen molar-refractivity contribution in [2.24, 2.45) is 4.99 Å². The molecule has 0 aromatic carbocycles. The number of aromatic nitrogens is 1. The van der Waals surface area contributed by atoms with Crippen LogP contribution >= 0.6 is 0 Å². The summed E-state index contributed by atoms with van der Waals surface area (Å²) in [5, 5.41) is 9.58. The number of hydrogen-bond donors (Lipinski definition) is 3. The van der Waals surface area contributed by atoms with Gasteiger partial charge in [-0.2, -0.15) is 0 Å². The SMILES string of the molecule is CN=C(NCCCC(=O)NC1CC1)NC1CCN(c2ncccc2F)C1. The highest BCUT2D eigenvalue weighted by Crippen LogP contribution is 2.20. The lowest BCUT2D eigenvalue weighted by molar-refractivity contribution is -0.121. The number of guanidine groups is 1. The van der Waals surface area contributed by atoms with E-state index in [1.807, 2.05) is 4.90 Å². The van der Waals surface area contributed by atoms with Crippen molar-refractivity contribution in [2.45, 2.75) is 44.2 Å². The topological polar surface area (TPSA) is 81.6 Å². The largest absolute Gasteiger partial charge is 0.356 e. The highest BCUT2D eigenvalue weighted by molar-refractivity contribution is 5.80. The number of pyridine rings is 1. The fourth-order valence-electron chi connectivity index (χ4n) is 3.05. The molecule has 2 aliphatic rings. The molecule has 1 saturated carbocycles. The molecule has 142 valence electrons. The maximum Gasteiger partial charge on any atom is 0.220 e. The molecule has 1 amide bonds. The molecular weight excluding hydrogens is 335 g/mol. The van der Waals surface area contributed by atoms with E-state index in [9.17, 15) is 9.18 Å². The third-order valence-electron chi connectivity index (χ3n) is 4.61. The minimum absolute atomic E-state index is 0.126. The minimum atomic E-state index is -0.292. The lowest BCUT2D eigenvalue weighted by Crippen LogP contribution is -2.45. The van der Waals surface area contributed by atoms with Gasteiger partial charge in [-0.15, -0.1) is 0 Å². The van der Waals surface area contributed by atoms with Crippen molar-refractivity contribution in [1.82, 2.24) is 20.9 Å². The van der Waals surface area contributed by atoms with Crippen molar-refractivity contribution in [3.8, 4) is 0 Å². The molecule has 1 saturated heterocycles. The Labute approximate surface area is 153 Å². The third-order valence-corrected chi connectivity index (χ3v) is 4.61. The smallest absolute Gasteiger partial charge is 0.220 e. The Balaban J connectivity index is 1.37. The molecule has 3 N–H and O–H groups in total. The van der Waals surface area contributed by atoms with Crippen LogP contribution in [0.2, 0.25) is 0 Å². The predicted molar refractivity (Wildman–Crippen MR) is 99.7 cm³/mol. The first-order valence-electron chi connectivity index (χ1n) is 9.27. The molecule has 26 heavy (non-hydrogen) atoms. The molecular formula is C18H27FN6O. The van der Waals surface area contributed by atoms with Crippen molar-refractivity contribution >= 4 is 17.7 Å². The first kappa shape index (κ1) is 18.4. The Morgan fingerprint density at radius 3 is 2.92 bits per heavy atom. The molecule has 3 rings (SSSR count). The molecule has 1 aliphatic heterocycles. The normalized spacial score (nSPS) is 20.2. The summed E-state index contributed by atoms with van der Waals surface area (Å²) < 4.78 is 13.9. The van der Waals surface area contributed by atoms with Crippen LogP contribution in [0.1, 0.15) is 32.1 Å². The fraction of sp³-hybridized carbons (Fsp3) is 0.611. The molecule has 0 bridgehead atoms. The van der Waals surface area contributed by atoms with Gasteiger partial charge in [0.2, 0.25) is 5.91 Å². The first-order valence-corrected chi connectivity index (χ1v) is 9.27. The van der Waals surface area contributed by atoms with Crippen LogP contribution in [0.25, 0.3) is 0 Å². The van der Waals surface area contributed by atoms with E-state index in [2.05, 4.69) is 25.9 Å². The zero-order valence-electron chi connectivity index (χ0n) is 15.2. The summed E-state index contributed by atoms with van der Waals surface area (Å²) in [5.74, 6) is 0.948. The number of halogens is 1. The van der Waals surface area contributed by atoms with Gasteiger partial charge in [0.15, 0.2) is 17.6 Å². The van der Waals surface area contributed by atoms with Gasteiger partial charge in [0, 0.05) is 51.4 Å². The van der Waals surface area contributed by atoms with Crippen molar-refractivity contribution in [2.75, 3.05) is 31.6 Å². The quantitative estimate of drug-likeness (QED) is 0.383. The second kappa shape index (κ2) is 8.82. The minimum Gasteiger partial charge on any atom is -0.356 e. The van der Waals surface area contributed by atoms with Crippen LogP contribution < -0.4 is 20.9 Å². The molecule has 0 spiro atoms. The first-order chi connectivity index (χ1) is 12.7. The molecule has 1 aromatic rings. The fourth-order valence-corrected chi connectivity index (χ4v) is 3.05. The molecule has 2 fully saturated rings. The number of hydrogen-bond acceptors (Lipinski definition) is 4. The predicted octanol–water partition coefficient (Wildman–Crippen LogP) is 1.02. The summed E-state index contributed by atoms with van der Waals surface area (Å²) in [5.41, 5.74) is 0. The Bertz CT molecular complexity index is 648. The number of rotatable bonds is 7. The summed E-state index contributed by atoms with van der Waals surface area (Å²) >= 11 is 0. The van der Waals surface area contributed by atoms with Crippen LogP contribution in [0.15, 0.2) is 23.3 Å². The summed E-state index contributed by atoms with van der Waals surface area (Å²) in [6, 6.07) is 3.63. The number of carbonyl (C=O) groups is 1.